The Morgan fingerprint density at radius 2 is 1.96 bits per heavy atom. The van der Waals surface area contributed by atoms with Gasteiger partial charge in [0.2, 0.25) is 0 Å². The molecule has 0 amide bonds. The molecule has 0 aliphatic carbocycles. The number of fused-ring (bicyclic) bond motifs is 1. The number of rotatable bonds is 3. The van der Waals surface area contributed by atoms with Crippen molar-refractivity contribution >= 4 is 20.2 Å². The topological polar surface area (TPSA) is 43.3 Å². The summed E-state index contributed by atoms with van der Waals surface area (Å²) in [5.41, 5.74) is 12.9. The van der Waals surface area contributed by atoms with E-state index >= 15 is 0 Å². The van der Waals surface area contributed by atoms with Gasteiger partial charge in [0.05, 0.1) is 11.9 Å². The fourth-order valence-electron chi connectivity index (χ4n) is 3.33. The largest absolute Gasteiger partial charge is 0.326 e. The fourth-order valence-corrected chi connectivity index (χ4v) is 3.67. The molecule has 2 N–H and O–H groups in total. The number of hydrogen-bond donors (Lipinski definition) is 1. The molecule has 4 rings (SSSR count). The van der Waals surface area contributed by atoms with Crippen LogP contribution in [0.15, 0.2) is 60.9 Å². The zero-order valence-electron chi connectivity index (χ0n) is 14.4. The minimum Gasteiger partial charge on any atom is -0.326 e. The first kappa shape index (κ1) is 16.9. The Morgan fingerprint density at radius 3 is 2.69 bits per heavy atom. The molecule has 0 fully saturated rings. The molecule has 4 aromatic rings. The third kappa shape index (κ3) is 2.92. The van der Waals surface area contributed by atoms with Crippen LogP contribution >= 0.6 is 9.24 Å². The van der Waals surface area contributed by atoms with Gasteiger partial charge in [0.25, 0.3) is 0 Å². The molecule has 3 nitrogen and oxygen atoms in total. The van der Waals surface area contributed by atoms with Gasteiger partial charge in [0, 0.05) is 23.9 Å². The number of hydrogen-bond acceptors (Lipinski definition) is 2. The summed E-state index contributed by atoms with van der Waals surface area (Å²) in [6.07, 6.45) is 3.82. The molecule has 0 saturated heterocycles. The van der Waals surface area contributed by atoms with Crippen molar-refractivity contribution in [2.75, 3.05) is 0 Å². The molecule has 2 aromatic carbocycles. The summed E-state index contributed by atoms with van der Waals surface area (Å²) in [6, 6.07) is 14.9. The van der Waals surface area contributed by atoms with Crippen molar-refractivity contribution in [1.82, 2.24) is 9.38 Å². The Bertz CT molecular complexity index is 1120. The zero-order valence-corrected chi connectivity index (χ0v) is 15.6. The van der Waals surface area contributed by atoms with Gasteiger partial charge in [-0.3, -0.25) is 4.40 Å². The summed E-state index contributed by atoms with van der Waals surface area (Å²) in [7, 11) is 2.72. The van der Waals surface area contributed by atoms with Gasteiger partial charge in [-0.25, -0.2) is 9.37 Å². The van der Waals surface area contributed by atoms with Crippen LogP contribution in [0.25, 0.3) is 28.0 Å². The summed E-state index contributed by atoms with van der Waals surface area (Å²) < 4.78 is 15.7. The molecule has 26 heavy (non-hydrogen) atoms. The van der Waals surface area contributed by atoms with E-state index in [1.54, 1.807) is 12.3 Å². The molecule has 1 atom stereocenters. The van der Waals surface area contributed by atoms with Crippen LogP contribution in [0.3, 0.4) is 0 Å². The van der Waals surface area contributed by atoms with Crippen LogP contribution in [-0.4, -0.2) is 9.38 Å². The highest BCUT2D eigenvalue weighted by Crippen LogP contribution is 2.30. The molecule has 0 radical (unpaired) electrons. The molecule has 0 saturated carbocycles. The second-order valence-electron chi connectivity index (χ2n) is 6.37. The number of aryl methyl sites for hydroxylation is 1. The van der Waals surface area contributed by atoms with Crippen LogP contribution in [0.2, 0.25) is 0 Å². The first-order valence-electron chi connectivity index (χ1n) is 8.39. The number of pyridine rings is 1. The smallest absolute Gasteiger partial charge is 0.137 e. The van der Waals surface area contributed by atoms with Crippen LogP contribution in [0.4, 0.5) is 4.39 Å². The number of imidazole rings is 1. The molecule has 0 bridgehead atoms. The van der Waals surface area contributed by atoms with Crippen molar-refractivity contribution in [3.05, 3.63) is 77.9 Å². The van der Waals surface area contributed by atoms with Crippen molar-refractivity contribution in [3.8, 4) is 22.4 Å². The molecule has 0 aliphatic rings. The lowest BCUT2D eigenvalue weighted by molar-refractivity contribution is 0.628. The summed E-state index contributed by atoms with van der Waals surface area (Å²) in [5.74, 6) is -0.261. The maximum Gasteiger partial charge on any atom is 0.137 e. The Labute approximate surface area is 153 Å². The monoisotopic (exact) mass is 363 g/mol. The highest BCUT2D eigenvalue weighted by Gasteiger charge is 2.13. The van der Waals surface area contributed by atoms with Gasteiger partial charge in [0.1, 0.15) is 11.5 Å². The molecular weight excluding hydrogens is 344 g/mol. The lowest BCUT2D eigenvalue weighted by Crippen LogP contribution is -2.03. The second kappa shape index (κ2) is 6.64. The van der Waals surface area contributed by atoms with Crippen molar-refractivity contribution in [3.63, 3.8) is 0 Å². The van der Waals surface area contributed by atoms with Crippen LogP contribution < -0.4 is 11.0 Å². The Balaban J connectivity index is 1.97. The quantitative estimate of drug-likeness (QED) is 0.558. The van der Waals surface area contributed by atoms with Crippen LogP contribution in [0, 0.1) is 12.7 Å². The molecule has 5 heteroatoms. The Kier molecular flexibility index (Phi) is 4.31. The predicted molar refractivity (Wildman–Crippen MR) is 108 cm³/mol. The van der Waals surface area contributed by atoms with E-state index in [-0.39, 0.29) is 5.82 Å². The van der Waals surface area contributed by atoms with Crippen molar-refractivity contribution in [2.24, 2.45) is 5.73 Å². The Morgan fingerprint density at radius 1 is 1.12 bits per heavy atom. The highest BCUT2D eigenvalue weighted by atomic mass is 31.0. The molecule has 130 valence electrons. The predicted octanol–water partition coefficient (Wildman–Crippen LogP) is 4.07. The third-order valence-electron chi connectivity index (χ3n) is 4.61. The summed E-state index contributed by atoms with van der Waals surface area (Å²) in [6.45, 7) is 2.52. The lowest BCUT2D eigenvalue weighted by Gasteiger charge is -2.13. The summed E-state index contributed by atoms with van der Waals surface area (Å²) in [4.78, 5) is 4.49. The highest BCUT2D eigenvalue weighted by molar-refractivity contribution is 7.27. The fraction of sp³-hybridized carbons (Fsp3) is 0.0952. The van der Waals surface area contributed by atoms with Crippen molar-refractivity contribution in [1.29, 1.82) is 0 Å². The number of nitrogens with zero attached hydrogens (tertiary/aromatic N) is 2. The van der Waals surface area contributed by atoms with E-state index < -0.39 is 0 Å². The number of benzene rings is 2. The summed E-state index contributed by atoms with van der Waals surface area (Å²) >= 11 is 0. The van der Waals surface area contributed by atoms with E-state index in [4.69, 9.17) is 5.73 Å². The van der Waals surface area contributed by atoms with E-state index in [0.717, 1.165) is 38.9 Å². The normalized spacial score (nSPS) is 11.2. The Hall–Kier alpha value is -2.55. The molecule has 0 spiro atoms. The summed E-state index contributed by atoms with van der Waals surface area (Å²) in [5, 5.41) is 1.14. The molecule has 0 aliphatic heterocycles. The number of aromatic nitrogens is 2. The molecule has 2 aromatic heterocycles. The van der Waals surface area contributed by atoms with Gasteiger partial charge in [-0.15, -0.1) is 9.24 Å². The van der Waals surface area contributed by atoms with Gasteiger partial charge in [-0.05, 0) is 47.1 Å². The minimum atomic E-state index is -0.261. The molecule has 1 unspecified atom stereocenters. The second-order valence-corrected chi connectivity index (χ2v) is 7.04. The van der Waals surface area contributed by atoms with E-state index in [2.05, 4.69) is 45.5 Å². The first-order chi connectivity index (χ1) is 12.6. The number of nitrogens with two attached hydrogens (primary N) is 1. The van der Waals surface area contributed by atoms with Gasteiger partial charge >= 0.3 is 0 Å². The number of halogens is 1. The average Bonchev–Trinajstić information content (AvgIpc) is 3.03. The van der Waals surface area contributed by atoms with Crippen molar-refractivity contribution < 1.29 is 4.39 Å². The minimum absolute atomic E-state index is 0.261. The van der Waals surface area contributed by atoms with Gasteiger partial charge in [0.15, 0.2) is 0 Å². The third-order valence-corrected chi connectivity index (χ3v) is 4.97. The molecular formula is C21H19FN3P. The van der Waals surface area contributed by atoms with Gasteiger partial charge in [-0.1, -0.05) is 30.3 Å². The average molecular weight is 363 g/mol. The molecule has 2 heterocycles. The van der Waals surface area contributed by atoms with Crippen LogP contribution in [0.5, 0.6) is 0 Å². The van der Waals surface area contributed by atoms with E-state index in [1.165, 1.54) is 17.7 Å². The van der Waals surface area contributed by atoms with E-state index in [1.807, 2.05) is 16.5 Å². The standard InChI is InChI=1S/C21H19FN3P/c1-13-7-17(26)5-6-18(13)19-12-25-20(14-3-2-4-16(22)8-14)11-24-21(25)9-15(19)10-23/h2-9,11-12H,10,23,26H2,1H3. The van der Waals surface area contributed by atoms with E-state index in [0.29, 0.717) is 6.54 Å². The van der Waals surface area contributed by atoms with Crippen LogP contribution in [0.1, 0.15) is 11.1 Å². The zero-order chi connectivity index (χ0) is 18.3. The van der Waals surface area contributed by atoms with Crippen LogP contribution in [-0.2, 0) is 6.54 Å². The van der Waals surface area contributed by atoms with Crippen molar-refractivity contribution in [2.45, 2.75) is 13.5 Å². The maximum absolute atomic E-state index is 13.7. The lowest BCUT2D eigenvalue weighted by atomic mass is 9.97. The SMILES string of the molecule is Cc1cc(P)ccc1-c1cn2c(-c3cccc(F)c3)cnc2cc1CN. The maximum atomic E-state index is 13.7. The van der Waals surface area contributed by atoms with Gasteiger partial charge < -0.3 is 5.73 Å². The first-order valence-corrected chi connectivity index (χ1v) is 8.97. The van der Waals surface area contributed by atoms with E-state index in [9.17, 15) is 4.39 Å². The van der Waals surface area contributed by atoms with Gasteiger partial charge in [-0.2, -0.15) is 0 Å².